The lowest BCUT2D eigenvalue weighted by molar-refractivity contribution is 0.262. The van der Waals surface area contributed by atoms with E-state index in [0.29, 0.717) is 5.88 Å². The monoisotopic (exact) mass is 348 g/mol. The Morgan fingerprint density at radius 1 is 0.880 bits per heavy atom. The summed E-state index contributed by atoms with van der Waals surface area (Å²) in [4.78, 5) is 12.3. The SMILES string of the molecule is O=C(Nc1ccc2c(c1)Cc1ccccc1-2)Nc1ccccc1CCl. The van der Waals surface area contributed by atoms with Crippen molar-refractivity contribution in [2.45, 2.75) is 12.3 Å². The van der Waals surface area contributed by atoms with Gasteiger partial charge in [0.05, 0.1) is 0 Å². The molecule has 0 spiro atoms. The summed E-state index contributed by atoms with van der Waals surface area (Å²) >= 11 is 5.91. The molecule has 4 rings (SSSR count). The average molecular weight is 349 g/mol. The largest absolute Gasteiger partial charge is 0.323 e. The Morgan fingerprint density at radius 2 is 1.64 bits per heavy atom. The summed E-state index contributed by atoms with van der Waals surface area (Å²) in [5.74, 6) is 0.355. The molecular weight excluding hydrogens is 332 g/mol. The molecule has 0 aromatic heterocycles. The summed E-state index contributed by atoms with van der Waals surface area (Å²) in [6.45, 7) is 0. The van der Waals surface area contributed by atoms with Crippen LogP contribution >= 0.6 is 11.6 Å². The normalized spacial score (nSPS) is 11.6. The summed E-state index contributed by atoms with van der Waals surface area (Å²) in [6.07, 6.45) is 0.901. The number of anilines is 2. The van der Waals surface area contributed by atoms with Gasteiger partial charge in [-0.3, -0.25) is 0 Å². The number of para-hydroxylation sites is 1. The minimum atomic E-state index is -0.270. The van der Waals surface area contributed by atoms with Crippen LogP contribution in [-0.4, -0.2) is 6.03 Å². The predicted octanol–water partition coefficient (Wildman–Crippen LogP) is 5.64. The van der Waals surface area contributed by atoms with Crippen LogP contribution in [0.25, 0.3) is 11.1 Å². The first-order valence-electron chi connectivity index (χ1n) is 8.17. The molecule has 0 saturated heterocycles. The molecule has 0 heterocycles. The fourth-order valence-electron chi connectivity index (χ4n) is 3.27. The van der Waals surface area contributed by atoms with Gasteiger partial charge in [-0.1, -0.05) is 48.5 Å². The molecule has 2 N–H and O–H groups in total. The third-order valence-corrected chi connectivity index (χ3v) is 4.75. The first-order valence-corrected chi connectivity index (χ1v) is 8.71. The molecule has 0 unspecified atom stereocenters. The number of carbonyl (C=O) groups excluding carboxylic acids is 1. The second-order valence-electron chi connectivity index (χ2n) is 6.08. The van der Waals surface area contributed by atoms with Gasteiger partial charge in [0.25, 0.3) is 0 Å². The number of nitrogens with one attached hydrogen (secondary N) is 2. The summed E-state index contributed by atoms with van der Waals surface area (Å²) in [7, 11) is 0. The van der Waals surface area contributed by atoms with Crippen LogP contribution in [0.3, 0.4) is 0 Å². The van der Waals surface area contributed by atoms with Crippen molar-refractivity contribution in [3.63, 3.8) is 0 Å². The van der Waals surface area contributed by atoms with Crippen molar-refractivity contribution >= 4 is 29.0 Å². The van der Waals surface area contributed by atoms with Gasteiger partial charge in [-0.05, 0) is 52.4 Å². The van der Waals surface area contributed by atoms with E-state index < -0.39 is 0 Å². The van der Waals surface area contributed by atoms with E-state index in [0.717, 1.165) is 23.4 Å². The van der Waals surface area contributed by atoms with Crippen molar-refractivity contribution in [2.24, 2.45) is 0 Å². The molecule has 0 saturated carbocycles. The van der Waals surface area contributed by atoms with Crippen LogP contribution < -0.4 is 10.6 Å². The van der Waals surface area contributed by atoms with Crippen LogP contribution in [0.15, 0.2) is 66.7 Å². The Balaban J connectivity index is 1.51. The van der Waals surface area contributed by atoms with Gasteiger partial charge in [0.15, 0.2) is 0 Å². The van der Waals surface area contributed by atoms with Crippen molar-refractivity contribution in [1.29, 1.82) is 0 Å². The number of amides is 2. The zero-order chi connectivity index (χ0) is 17.2. The number of urea groups is 1. The fourth-order valence-corrected chi connectivity index (χ4v) is 3.50. The highest BCUT2D eigenvalue weighted by molar-refractivity contribution is 6.17. The quantitative estimate of drug-likeness (QED) is 0.462. The molecule has 3 aromatic rings. The lowest BCUT2D eigenvalue weighted by atomic mass is 10.1. The van der Waals surface area contributed by atoms with Gasteiger partial charge in [0.1, 0.15) is 0 Å². The van der Waals surface area contributed by atoms with Crippen molar-refractivity contribution in [1.82, 2.24) is 0 Å². The molecule has 0 bridgehead atoms. The van der Waals surface area contributed by atoms with Crippen molar-refractivity contribution in [3.8, 4) is 11.1 Å². The molecule has 3 aromatic carbocycles. The molecule has 3 nitrogen and oxygen atoms in total. The highest BCUT2D eigenvalue weighted by Crippen LogP contribution is 2.37. The van der Waals surface area contributed by atoms with Gasteiger partial charge in [-0.2, -0.15) is 0 Å². The molecule has 2 amide bonds. The van der Waals surface area contributed by atoms with Gasteiger partial charge in [-0.15, -0.1) is 11.6 Å². The van der Waals surface area contributed by atoms with E-state index in [2.05, 4.69) is 41.0 Å². The van der Waals surface area contributed by atoms with Crippen molar-refractivity contribution < 1.29 is 4.79 Å². The van der Waals surface area contributed by atoms with Gasteiger partial charge < -0.3 is 10.6 Å². The molecule has 0 fully saturated rings. The zero-order valence-corrected chi connectivity index (χ0v) is 14.3. The third-order valence-electron chi connectivity index (χ3n) is 4.46. The molecule has 1 aliphatic carbocycles. The Kier molecular flexibility index (Phi) is 4.16. The van der Waals surface area contributed by atoms with Crippen molar-refractivity contribution in [2.75, 3.05) is 10.6 Å². The minimum Gasteiger partial charge on any atom is -0.308 e. The molecule has 25 heavy (non-hydrogen) atoms. The number of hydrogen-bond donors (Lipinski definition) is 2. The van der Waals surface area contributed by atoms with Crippen LogP contribution in [0.1, 0.15) is 16.7 Å². The van der Waals surface area contributed by atoms with E-state index in [1.54, 1.807) is 0 Å². The smallest absolute Gasteiger partial charge is 0.308 e. The predicted molar refractivity (Wildman–Crippen MR) is 103 cm³/mol. The van der Waals surface area contributed by atoms with E-state index in [9.17, 15) is 4.79 Å². The first-order chi connectivity index (χ1) is 12.2. The molecule has 124 valence electrons. The summed E-state index contributed by atoms with van der Waals surface area (Å²) < 4.78 is 0. The number of fused-ring (bicyclic) bond motifs is 3. The molecule has 1 aliphatic rings. The van der Waals surface area contributed by atoms with E-state index in [4.69, 9.17) is 11.6 Å². The highest BCUT2D eigenvalue weighted by Gasteiger charge is 2.18. The molecule has 4 heteroatoms. The molecule has 0 aliphatic heterocycles. The van der Waals surface area contributed by atoms with E-state index >= 15 is 0 Å². The maximum absolute atomic E-state index is 12.3. The van der Waals surface area contributed by atoms with Crippen LogP contribution in [0, 0.1) is 0 Å². The van der Waals surface area contributed by atoms with E-state index in [1.807, 2.05) is 36.4 Å². The Labute approximate surface area is 151 Å². The molecular formula is C21H17ClN2O. The Bertz CT molecular complexity index is 952. The lowest BCUT2D eigenvalue weighted by Gasteiger charge is -2.11. The maximum Gasteiger partial charge on any atom is 0.323 e. The average Bonchev–Trinajstić information content (AvgIpc) is 2.99. The zero-order valence-electron chi connectivity index (χ0n) is 13.6. The Morgan fingerprint density at radius 3 is 2.52 bits per heavy atom. The highest BCUT2D eigenvalue weighted by atomic mass is 35.5. The van der Waals surface area contributed by atoms with Crippen molar-refractivity contribution in [3.05, 3.63) is 83.4 Å². The van der Waals surface area contributed by atoms with Gasteiger partial charge in [0.2, 0.25) is 0 Å². The molecule has 0 radical (unpaired) electrons. The number of rotatable bonds is 3. The summed E-state index contributed by atoms with van der Waals surface area (Å²) in [5, 5.41) is 5.77. The van der Waals surface area contributed by atoms with Gasteiger partial charge >= 0.3 is 6.03 Å². The molecule has 0 atom stereocenters. The topological polar surface area (TPSA) is 41.1 Å². The standard InChI is InChI=1S/C21H17ClN2O/c22-13-15-6-2-4-8-20(15)24-21(25)23-17-9-10-19-16(12-17)11-14-5-1-3-7-18(14)19/h1-10,12H,11,13H2,(H2,23,24,25). The Hall–Kier alpha value is -2.78. The van der Waals surface area contributed by atoms with E-state index in [1.165, 1.54) is 22.3 Å². The van der Waals surface area contributed by atoms with Gasteiger partial charge in [0, 0.05) is 17.3 Å². The number of hydrogen-bond acceptors (Lipinski definition) is 1. The van der Waals surface area contributed by atoms with E-state index in [-0.39, 0.29) is 6.03 Å². The summed E-state index contributed by atoms with van der Waals surface area (Å²) in [5.41, 5.74) is 7.49. The van der Waals surface area contributed by atoms with Gasteiger partial charge in [-0.25, -0.2) is 4.79 Å². The number of halogens is 1. The lowest BCUT2D eigenvalue weighted by Crippen LogP contribution is -2.20. The van der Waals surface area contributed by atoms with Crippen LogP contribution in [0.2, 0.25) is 0 Å². The second-order valence-corrected chi connectivity index (χ2v) is 6.34. The van der Waals surface area contributed by atoms with Crippen LogP contribution in [0.5, 0.6) is 0 Å². The minimum absolute atomic E-state index is 0.270. The maximum atomic E-state index is 12.3. The summed E-state index contributed by atoms with van der Waals surface area (Å²) in [6, 6.07) is 21.7. The van der Waals surface area contributed by atoms with Crippen LogP contribution in [-0.2, 0) is 12.3 Å². The number of benzene rings is 3. The van der Waals surface area contributed by atoms with Crippen LogP contribution in [0.4, 0.5) is 16.2 Å². The number of carbonyl (C=O) groups is 1. The number of alkyl halides is 1. The third kappa shape index (κ3) is 3.11. The fraction of sp³-hybridized carbons (Fsp3) is 0.0952. The first kappa shape index (κ1) is 15.7. The second kappa shape index (κ2) is 6.61.